The number of ether oxygens (including phenoxy) is 1. The van der Waals surface area contributed by atoms with Crippen LogP contribution in [0.25, 0.3) is 5.65 Å². The summed E-state index contributed by atoms with van der Waals surface area (Å²) >= 11 is 0. The Hall–Kier alpha value is -2.45. The summed E-state index contributed by atoms with van der Waals surface area (Å²) in [6, 6.07) is 11.2. The minimum atomic E-state index is -3.67. The topological polar surface area (TPSA) is 85.6 Å². The lowest BCUT2D eigenvalue weighted by Gasteiger charge is -2.13. The molecular formula is C15H16N4O3S. The van der Waals surface area contributed by atoms with Crippen LogP contribution in [-0.2, 0) is 10.0 Å². The molecule has 0 saturated heterocycles. The van der Waals surface area contributed by atoms with Gasteiger partial charge in [-0.3, -0.25) is 4.40 Å². The van der Waals surface area contributed by atoms with E-state index < -0.39 is 16.1 Å². The third-order valence-electron chi connectivity index (χ3n) is 3.43. The molecule has 0 unspecified atom stereocenters. The molecule has 120 valence electrons. The highest BCUT2D eigenvalue weighted by Crippen LogP contribution is 2.19. The summed E-state index contributed by atoms with van der Waals surface area (Å²) in [6.07, 6.45) is 1.79. The molecule has 0 aliphatic heterocycles. The SMILES string of the molecule is COc1ccc(S(=O)(=O)N[C@H](C)c2nnc3ccccn23)cc1. The monoisotopic (exact) mass is 332 g/mol. The van der Waals surface area contributed by atoms with Gasteiger partial charge in [0.05, 0.1) is 18.0 Å². The van der Waals surface area contributed by atoms with E-state index in [2.05, 4.69) is 14.9 Å². The van der Waals surface area contributed by atoms with Crippen molar-refractivity contribution in [2.45, 2.75) is 17.9 Å². The van der Waals surface area contributed by atoms with Gasteiger partial charge in [0.2, 0.25) is 10.0 Å². The van der Waals surface area contributed by atoms with Crippen molar-refractivity contribution in [3.8, 4) is 5.75 Å². The summed E-state index contributed by atoms with van der Waals surface area (Å²) in [5.74, 6) is 1.12. The number of sulfonamides is 1. The fourth-order valence-electron chi connectivity index (χ4n) is 2.26. The molecule has 0 saturated carbocycles. The molecule has 1 N–H and O–H groups in total. The van der Waals surface area contributed by atoms with Crippen molar-refractivity contribution in [1.82, 2.24) is 19.3 Å². The zero-order chi connectivity index (χ0) is 16.4. The highest BCUT2D eigenvalue weighted by Gasteiger charge is 2.21. The second-order valence-electron chi connectivity index (χ2n) is 5.01. The molecule has 3 aromatic rings. The largest absolute Gasteiger partial charge is 0.497 e. The smallest absolute Gasteiger partial charge is 0.241 e. The molecule has 0 amide bonds. The Labute approximate surface area is 134 Å². The molecule has 0 spiro atoms. The molecule has 8 heteroatoms. The van der Waals surface area contributed by atoms with E-state index in [1.165, 1.54) is 19.2 Å². The Morgan fingerprint density at radius 3 is 2.57 bits per heavy atom. The fourth-order valence-corrected chi connectivity index (χ4v) is 3.46. The minimum Gasteiger partial charge on any atom is -0.497 e. The van der Waals surface area contributed by atoms with E-state index in [-0.39, 0.29) is 4.90 Å². The summed E-state index contributed by atoms with van der Waals surface area (Å²) < 4.78 is 34.3. The van der Waals surface area contributed by atoms with Crippen molar-refractivity contribution in [3.05, 3.63) is 54.5 Å². The molecule has 2 aromatic heterocycles. The molecule has 3 rings (SSSR count). The predicted molar refractivity (Wildman–Crippen MR) is 84.7 cm³/mol. The summed E-state index contributed by atoms with van der Waals surface area (Å²) in [4.78, 5) is 0.166. The lowest BCUT2D eigenvalue weighted by Crippen LogP contribution is -2.28. The lowest BCUT2D eigenvalue weighted by molar-refractivity contribution is 0.414. The van der Waals surface area contributed by atoms with Crippen LogP contribution in [0.1, 0.15) is 18.8 Å². The molecule has 0 bridgehead atoms. The van der Waals surface area contributed by atoms with Crippen molar-refractivity contribution >= 4 is 15.7 Å². The minimum absolute atomic E-state index is 0.166. The second kappa shape index (κ2) is 5.98. The molecule has 7 nitrogen and oxygen atoms in total. The molecule has 0 aliphatic carbocycles. The van der Waals surface area contributed by atoms with Gasteiger partial charge < -0.3 is 4.74 Å². The van der Waals surface area contributed by atoms with Crippen molar-refractivity contribution in [1.29, 1.82) is 0 Å². The average molecular weight is 332 g/mol. The van der Waals surface area contributed by atoms with E-state index in [0.717, 1.165) is 0 Å². The molecule has 1 aromatic carbocycles. The maximum atomic E-state index is 12.5. The Kier molecular flexibility index (Phi) is 4.01. The number of benzene rings is 1. The van der Waals surface area contributed by atoms with Gasteiger partial charge in [0.1, 0.15) is 5.75 Å². The molecule has 2 heterocycles. The van der Waals surface area contributed by atoms with Crippen LogP contribution < -0.4 is 9.46 Å². The lowest BCUT2D eigenvalue weighted by atomic mass is 10.3. The van der Waals surface area contributed by atoms with Gasteiger partial charge >= 0.3 is 0 Å². The van der Waals surface area contributed by atoms with Crippen LogP contribution >= 0.6 is 0 Å². The van der Waals surface area contributed by atoms with Crippen molar-refractivity contribution in [2.24, 2.45) is 0 Å². The van der Waals surface area contributed by atoms with Crippen molar-refractivity contribution in [2.75, 3.05) is 7.11 Å². The number of fused-ring (bicyclic) bond motifs is 1. The number of hydrogen-bond acceptors (Lipinski definition) is 5. The molecule has 0 fully saturated rings. The number of aromatic nitrogens is 3. The summed E-state index contributed by atoms with van der Waals surface area (Å²) in [5, 5.41) is 8.09. The van der Waals surface area contributed by atoms with E-state index in [4.69, 9.17) is 4.74 Å². The van der Waals surface area contributed by atoms with Crippen LogP contribution in [0.5, 0.6) is 5.75 Å². The first kappa shape index (κ1) is 15.4. The van der Waals surface area contributed by atoms with Crippen LogP contribution in [0.4, 0.5) is 0 Å². The number of hydrogen-bond donors (Lipinski definition) is 1. The van der Waals surface area contributed by atoms with Gasteiger partial charge in [-0.25, -0.2) is 13.1 Å². The number of rotatable bonds is 5. The molecule has 0 radical (unpaired) electrons. The predicted octanol–water partition coefficient (Wildman–Crippen LogP) is 1.78. The number of nitrogens with zero attached hydrogens (tertiary/aromatic N) is 3. The quantitative estimate of drug-likeness (QED) is 0.770. The van der Waals surface area contributed by atoms with E-state index in [0.29, 0.717) is 17.2 Å². The van der Waals surface area contributed by atoms with E-state index in [1.54, 1.807) is 35.7 Å². The Morgan fingerprint density at radius 2 is 1.87 bits per heavy atom. The highest BCUT2D eigenvalue weighted by molar-refractivity contribution is 7.89. The van der Waals surface area contributed by atoms with Gasteiger partial charge in [-0.15, -0.1) is 10.2 Å². The number of methoxy groups -OCH3 is 1. The van der Waals surface area contributed by atoms with Gasteiger partial charge in [-0.1, -0.05) is 6.07 Å². The summed E-state index contributed by atoms with van der Waals surface area (Å²) in [6.45, 7) is 1.73. The third-order valence-corrected chi connectivity index (χ3v) is 4.99. The Balaban J connectivity index is 1.87. The summed E-state index contributed by atoms with van der Waals surface area (Å²) in [7, 11) is -2.14. The zero-order valence-electron chi connectivity index (χ0n) is 12.7. The molecule has 1 atom stereocenters. The normalized spacial score (nSPS) is 13.1. The van der Waals surface area contributed by atoms with Crippen molar-refractivity contribution < 1.29 is 13.2 Å². The molecule has 0 aliphatic rings. The molecular weight excluding hydrogens is 316 g/mol. The standard InChI is InChI=1S/C15H16N4O3S/c1-11(15-17-16-14-5-3-4-10-19(14)15)18-23(20,21)13-8-6-12(22-2)7-9-13/h3-11,18H,1-2H3/t11-/m1/s1. The number of pyridine rings is 1. The first-order valence-electron chi connectivity index (χ1n) is 6.97. The van der Waals surface area contributed by atoms with Crippen LogP contribution in [0.3, 0.4) is 0 Å². The van der Waals surface area contributed by atoms with E-state index >= 15 is 0 Å². The number of nitrogens with one attached hydrogen (secondary N) is 1. The maximum Gasteiger partial charge on any atom is 0.241 e. The third kappa shape index (κ3) is 3.03. The van der Waals surface area contributed by atoms with E-state index in [9.17, 15) is 8.42 Å². The fraction of sp³-hybridized carbons (Fsp3) is 0.200. The van der Waals surface area contributed by atoms with Gasteiger partial charge in [-0.05, 0) is 43.3 Å². The molecule has 23 heavy (non-hydrogen) atoms. The first-order valence-corrected chi connectivity index (χ1v) is 8.45. The van der Waals surface area contributed by atoms with Crippen molar-refractivity contribution in [3.63, 3.8) is 0 Å². The van der Waals surface area contributed by atoms with Gasteiger partial charge in [0.15, 0.2) is 11.5 Å². The maximum absolute atomic E-state index is 12.5. The van der Waals surface area contributed by atoms with Crippen LogP contribution in [0, 0.1) is 0 Å². The highest BCUT2D eigenvalue weighted by atomic mass is 32.2. The van der Waals surface area contributed by atoms with Crippen LogP contribution in [-0.4, -0.2) is 30.1 Å². The van der Waals surface area contributed by atoms with E-state index in [1.807, 2.05) is 12.1 Å². The van der Waals surface area contributed by atoms with Gasteiger partial charge in [0.25, 0.3) is 0 Å². The second-order valence-corrected chi connectivity index (χ2v) is 6.72. The Bertz CT molecular complexity index is 919. The zero-order valence-corrected chi connectivity index (χ0v) is 13.5. The summed E-state index contributed by atoms with van der Waals surface area (Å²) in [5.41, 5.74) is 0.665. The van der Waals surface area contributed by atoms with Crippen LogP contribution in [0.2, 0.25) is 0 Å². The van der Waals surface area contributed by atoms with Gasteiger partial charge in [-0.2, -0.15) is 0 Å². The average Bonchev–Trinajstić information content (AvgIpc) is 2.98. The van der Waals surface area contributed by atoms with Crippen LogP contribution in [0.15, 0.2) is 53.6 Å². The van der Waals surface area contributed by atoms with Gasteiger partial charge in [0, 0.05) is 6.20 Å². The Morgan fingerprint density at radius 1 is 1.13 bits per heavy atom. The first-order chi connectivity index (χ1) is 11.0.